The molecule has 0 aromatic heterocycles. The molecule has 0 aliphatic heterocycles. The quantitative estimate of drug-likeness (QED) is 0.181. The van der Waals surface area contributed by atoms with Gasteiger partial charge in [-0.05, 0) is 32.1 Å². The van der Waals surface area contributed by atoms with E-state index in [2.05, 4.69) is 6.92 Å². The maximum Gasteiger partial charge on any atom is 0.511 e. The second-order valence-electron chi connectivity index (χ2n) is 7.22. The third-order valence-corrected chi connectivity index (χ3v) is 4.46. The number of carbonyl (C=O) groups is 1. The van der Waals surface area contributed by atoms with E-state index < -0.39 is 6.16 Å². The summed E-state index contributed by atoms with van der Waals surface area (Å²) in [5.74, 6) is 0.310. The van der Waals surface area contributed by atoms with E-state index in [1.54, 1.807) is 0 Å². The monoisotopic (exact) mass is 426 g/mol. The van der Waals surface area contributed by atoms with Gasteiger partial charge in [-0.15, -0.1) is 0 Å². The van der Waals surface area contributed by atoms with Crippen LogP contribution >= 0.6 is 0 Å². The summed E-state index contributed by atoms with van der Waals surface area (Å²) < 4.78 is 22.7. The highest BCUT2D eigenvalue weighted by molar-refractivity contribution is 5.73. The Morgan fingerprint density at radius 3 is 1.77 bits per heavy atom. The van der Waals surface area contributed by atoms with E-state index in [1.807, 2.05) is 20.8 Å². The molecule has 0 amide bonds. The van der Waals surface area contributed by atoms with E-state index in [0.29, 0.717) is 49.7 Å². The predicted octanol–water partition coefficient (Wildman–Crippen LogP) is 6.33. The molecule has 0 radical (unpaired) electrons. The van der Waals surface area contributed by atoms with Crippen molar-refractivity contribution in [3.05, 3.63) is 5.56 Å². The number of rotatable bonds is 16. The van der Waals surface area contributed by atoms with Gasteiger partial charge in [-0.2, -0.15) is 0 Å². The van der Waals surface area contributed by atoms with E-state index in [4.69, 9.17) is 18.9 Å². The van der Waals surface area contributed by atoms with Crippen molar-refractivity contribution in [1.29, 1.82) is 0 Å². The Morgan fingerprint density at radius 1 is 0.700 bits per heavy atom. The largest absolute Gasteiger partial charge is 0.511 e. The lowest BCUT2D eigenvalue weighted by atomic mass is 10.0. The summed E-state index contributed by atoms with van der Waals surface area (Å²) in [6.07, 6.45) is 6.46. The third kappa shape index (κ3) is 7.84. The summed E-state index contributed by atoms with van der Waals surface area (Å²) in [5.41, 5.74) is 0.509. The molecule has 1 aromatic carbocycles. The number of ether oxygens (including phenoxy) is 4. The number of benzene rings is 1. The van der Waals surface area contributed by atoms with Gasteiger partial charge in [0, 0.05) is 5.56 Å². The molecule has 0 saturated carbocycles. The first-order chi connectivity index (χ1) is 14.5. The minimum Gasteiger partial charge on any atom is -0.502 e. The standard InChI is InChI=1S/C23H38O7/c1-5-9-10-11-12-13-17-19(30-23(25)26)18(24)21(28-15-7-3)22(29-16-8-4)20(17)27-14-6-2/h24H,5-16H2,1-4H3,(H,25,26). The van der Waals surface area contributed by atoms with Crippen molar-refractivity contribution in [3.8, 4) is 28.7 Å². The molecule has 0 bridgehead atoms. The van der Waals surface area contributed by atoms with Crippen molar-refractivity contribution >= 4 is 6.16 Å². The van der Waals surface area contributed by atoms with Crippen LogP contribution < -0.4 is 18.9 Å². The Bertz CT molecular complexity index is 643. The summed E-state index contributed by atoms with van der Waals surface area (Å²) >= 11 is 0. The van der Waals surface area contributed by atoms with Gasteiger partial charge in [-0.1, -0.05) is 53.4 Å². The first-order valence-corrected chi connectivity index (χ1v) is 11.2. The summed E-state index contributed by atoms with van der Waals surface area (Å²) in [5, 5.41) is 20.1. The number of hydrogen-bond acceptors (Lipinski definition) is 6. The van der Waals surface area contributed by atoms with Crippen LogP contribution in [0, 0.1) is 0 Å². The van der Waals surface area contributed by atoms with Gasteiger partial charge in [0.2, 0.25) is 17.2 Å². The Hall–Kier alpha value is -2.31. The maximum atomic E-state index is 11.3. The van der Waals surface area contributed by atoms with Gasteiger partial charge in [-0.3, -0.25) is 0 Å². The average Bonchev–Trinajstić information content (AvgIpc) is 2.72. The van der Waals surface area contributed by atoms with Gasteiger partial charge >= 0.3 is 6.16 Å². The molecule has 0 spiro atoms. The molecule has 1 aromatic rings. The number of unbranched alkanes of at least 4 members (excludes halogenated alkanes) is 4. The SMILES string of the molecule is CCCCCCCc1c(OC(=O)O)c(O)c(OCCC)c(OCCC)c1OCCC. The summed E-state index contributed by atoms with van der Waals surface area (Å²) in [7, 11) is 0. The molecule has 30 heavy (non-hydrogen) atoms. The fraction of sp³-hybridized carbons (Fsp3) is 0.696. The minimum atomic E-state index is -1.50. The lowest BCUT2D eigenvalue weighted by molar-refractivity contribution is 0.141. The first kappa shape index (κ1) is 25.7. The van der Waals surface area contributed by atoms with Crippen LogP contribution in [0.4, 0.5) is 4.79 Å². The zero-order chi connectivity index (χ0) is 22.4. The minimum absolute atomic E-state index is 0.0717. The van der Waals surface area contributed by atoms with Gasteiger partial charge in [0.15, 0.2) is 11.5 Å². The number of phenolic OH excluding ortho intramolecular Hbond substituents is 1. The van der Waals surface area contributed by atoms with Crippen LogP contribution in [0.15, 0.2) is 0 Å². The van der Waals surface area contributed by atoms with Crippen LogP contribution in [0.3, 0.4) is 0 Å². The van der Waals surface area contributed by atoms with Gasteiger partial charge in [0.1, 0.15) is 0 Å². The summed E-state index contributed by atoms with van der Waals surface area (Å²) in [6, 6.07) is 0. The van der Waals surface area contributed by atoms with Crippen LogP contribution in [-0.4, -0.2) is 36.2 Å². The molecule has 0 aliphatic carbocycles. The molecule has 7 heteroatoms. The van der Waals surface area contributed by atoms with Crippen LogP contribution in [-0.2, 0) is 6.42 Å². The van der Waals surface area contributed by atoms with Gasteiger partial charge < -0.3 is 29.2 Å². The van der Waals surface area contributed by atoms with E-state index in [0.717, 1.165) is 44.9 Å². The Kier molecular flexibility index (Phi) is 12.6. The van der Waals surface area contributed by atoms with E-state index in [9.17, 15) is 15.0 Å². The normalized spacial score (nSPS) is 10.7. The molecule has 0 unspecified atom stereocenters. The molecule has 172 valence electrons. The van der Waals surface area contributed by atoms with Gasteiger partial charge in [0.05, 0.1) is 19.8 Å². The van der Waals surface area contributed by atoms with Crippen LogP contribution in [0.2, 0.25) is 0 Å². The molecule has 0 saturated heterocycles. The lowest BCUT2D eigenvalue weighted by Gasteiger charge is -2.23. The van der Waals surface area contributed by atoms with Crippen molar-refractivity contribution in [2.24, 2.45) is 0 Å². The zero-order valence-corrected chi connectivity index (χ0v) is 18.9. The highest BCUT2D eigenvalue weighted by Gasteiger charge is 2.30. The molecule has 7 nitrogen and oxygen atoms in total. The molecule has 0 atom stereocenters. The van der Waals surface area contributed by atoms with Crippen LogP contribution in [0.25, 0.3) is 0 Å². The third-order valence-electron chi connectivity index (χ3n) is 4.46. The van der Waals surface area contributed by atoms with E-state index >= 15 is 0 Å². The highest BCUT2D eigenvalue weighted by Crippen LogP contribution is 2.54. The predicted molar refractivity (Wildman–Crippen MR) is 117 cm³/mol. The Morgan fingerprint density at radius 2 is 1.23 bits per heavy atom. The summed E-state index contributed by atoms with van der Waals surface area (Å²) in [6.45, 7) is 9.24. The van der Waals surface area contributed by atoms with Crippen molar-refractivity contribution in [2.45, 2.75) is 85.5 Å². The Balaban J connectivity index is 3.50. The average molecular weight is 427 g/mol. The topological polar surface area (TPSA) is 94.5 Å². The molecular weight excluding hydrogens is 388 g/mol. The summed E-state index contributed by atoms with van der Waals surface area (Å²) in [4.78, 5) is 11.3. The molecular formula is C23H38O7. The number of aromatic hydroxyl groups is 1. The molecule has 2 N–H and O–H groups in total. The lowest BCUT2D eigenvalue weighted by Crippen LogP contribution is -2.12. The van der Waals surface area contributed by atoms with Crippen molar-refractivity contribution in [3.63, 3.8) is 0 Å². The molecule has 0 fully saturated rings. The smallest absolute Gasteiger partial charge is 0.502 e. The highest BCUT2D eigenvalue weighted by atomic mass is 16.7. The van der Waals surface area contributed by atoms with Crippen molar-refractivity contribution < 1.29 is 34.0 Å². The number of carboxylic acid groups (broad SMARTS) is 1. The molecule has 0 heterocycles. The van der Waals surface area contributed by atoms with Gasteiger partial charge in [-0.25, -0.2) is 4.79 Å². The van der Waals surface area contributed by atoms with Crippen molar-refractivity contribution in [1.82, 2.24) is 0 Å². The van der Waals surface area contributed by atoms with Crippen LogP contribution in [0.5, 0.6) is 28.7 Å². The van der Waals surface area contributed by atoms with Crippen molar-refractivity contribution in [2.75, 3.05) is 19.8 Å². The number of phenols is 1. The molecule has 0 aliphatic rings. The fourth-order valence-corrected chi connectivity index (χ4v) is 3.06. The maximum absolute atomic E-state index is 11.3. The van der Waals surface area contributed by atoms with Gasteiger partial charge in [0.25, 0.3) is 0 Å². The first-order valence-electron chi connectivity index (χ1n) is 11.2. The second-order valence-corrected chi connectivity index (χ2v) is 7.22. The van der Waals surface area contributed by atoms with E-state index in [-0.39, 0.29) is 17.2 Å². The fourth-order valence-electron chi connectivity index (χ4n) is 3.06. The second kappa shape index (κ2) is 14.6. The molecule has 1 rings (SSSR count). The Labute approximate surface area is 180 Å². The van der Waals surface area contributed by atoms with Crippen LogP contribution in [0.1, 0.15) is 84.6 Å². The zero-order valence-electron chi connectivity index (χ0n) is 18.9. The van der Waals surface area contributed by atoms with E-state index in [1.165, 1.54) is 0 Å². The number of hydrogen-bond donors (Lipinski definition) is 2.